The minimum absolute atomic E-state index is 0.570. The minimum atomic E-state index is -1.10. The molecule has 0 aromatic heterocycles. The van der Waals surface area contributed by atoms with Crippen molar-refractivity contribution in [3.05, 3.63) is 29.8 Å². The van der Waals surface area contributed by atoms with E-state index in [-0.39, 0.29) is 0 Å². The van der Waals surface area contributed by atoms with Crippen LogP contribution in [0.5, 0.6) is 11.5 Å². The highest BCUT2D eigenvalue weighted by atomic mass is 16.5. The van der Waals surface area contributed by atoms with Gasteiger partial charge in [0.15, 0.2) is 17.6 Å². The van der Waals surface area contributed by atoms with Crippen molar-refractivity contribution in [2.45, 2.75) is 19.4 Å². The maximum Gasteiger partial charge on any atom is 0.331 e. The topological polar surface area (TPSA) is 103 Å². The molecular formula is C17H20N2O6. The predicted octanol–water partition coefficient (Wildman–Crippen LogP) is 1.25. The molecule has 0 saturated carbocycles. The summed E-state index contributed by atoms with van der Waals surface area (Å²) >= 11 is 0. The van der Waals surface area contributed by atoms with Crippen molar-refractivity contribution >= 4 is 24.0 Å². The van der Waals surface area contributed by atoms with E-state index in [9.17, 15) is 14.4 Å². The van der Waals surface area contributed by atoms with Crippen LogP contribution in [0.25, 0.3) is 6.08 Å². The van der Waals surface area contributed by atoms with E-state index in [1.807, 2.05) is 5.32 Å². The number of carbonyl (C=O) groups excluding carboxylic acids is 3. The van der Waals surface area contributed by atoms with Crippen LogP contribution in [0, 0.1) is 0 Å². The van der Waals surface area contributed by atoms with Crippen LogP contribution in [-0.2, 0) is 14.3 Å². The first-order chi connectivity index (χ1) is 12.0. The lowest BCUT2D eigenvalue weighted by atomic mass is 10.2. The molecule has 2 N–H and O–H groups in total. The zero-order chi connectivity index (χ0) is 18.2. The molecular weight excluding hydrogens is 328 g/mol. The Hall–Kier alpha value is -3.03. The zero-order valence-electron chi connectivity index (χ0n) is 14.0. The number of carbonyl (C=O) groups is 3. The van der Waals surface area contributed by atoms with E-state index in [1.54, 1.807) is 24.3 Å². The number of esters is 1. The number of urea groups is 1. The standard InChI is InChI=1S/C17H20N2O6/c1-11(16(21)19-17(22)18-2)25-15(20)7-5-12-4-6-13-14(10-12)24-9-3-8-23-13/h4-7,10-11H,3,8-9H2,1-2H3,(H2,18,19,21,22)/b7-5+/t11-/m0/s1. The predicted molar refractivity (Wildman–Crippen MR) is 89.2 cm³/mol. The molecule has 0 bridgehead atoms. The van der Waals surface area contributed by atoms with E-state index in [0.717, 1.165) is 12.0 Å². The normalized spacial score (nSPS) is 14.3. The lowest BCUT2D eigenvalue weighted by Crippen LogP contribution is -2.43. The summed E-state index contributed by atoms with van der Waals surface area (Å²) in [4.78, 5) is 34.4. The average molecular weight is 348 g/mol. The Bertz CT molecular complexity index is 686. The van der Waals surface area contributed by atoms with Gasteiger partial charge in [0, 0.05) is 19.5 Å². The van der Waals surface area contributed by atoms with Crippen molar-refractivity contribution in [2.75, 3.05) is 20.3 Å². The molecule has 0 unspecified atom stereocenters. The Morgan fingerprint density at radius 1 is 1.20 bits per heavy atom. The minimum Gasteiger partial charge on any atom is -0.490 e. The molecule has 1 atom stereocenters. The third-order valence-electron chi connectivity index (χ3n) is 3.31. The SMILES string of the molecule is CNC(=O)NC(=O)[C@H](C)OC(=O)/C=C/c1ccc2c(c1)OCCCO2. The molecule has 0 spiro atoms. The first-order valence-electron chi connectivity index (χ1n) is 7.80. The molecule has 1 aromatic carbocycles. The third kappa shape index (κ3) is 5.52. The summed E-state index contributed by atoms with van der Waals surface area (Å²) in [6.45, 7) is 2.54. The Morgan fingerprint density at radius 2 is 1.92 bits per heavy atom. The second-order valence-corrected chi connectivity index (χ2v) is 5.24. The van der Waals surface area contributed by atoms with Crippen LogP contribution >= 0.6 is 0 Å². The van der Waals surface area contributed by atoms with Crippen molar-refractivity contribution in [3.8, 4) is 11.5 Å². The number of fused-ring (bicyclic) bond motifs is 1. The Kier molecular flexibility index (Phi) is 6.39. The molecule has 2 rings (SSSR count). The summed E-state index contributed by atoms with van der Waals surface area (Å²) in [5.41, 5.74) is 0.726. The molecule has 25 heavy (non-hydrogen) atoms. The van der Waals surface area contributed by atoms with Crippen LogP contribution in [0.15, 0.2) is 24.3 Å². The molecule has 134 valence electrons. The van der Waals surface area contributed by atoms with Gasteiger partial charge in [0.05, 0.1) is 13.2 Å². The summed E-state index contributed by atoms with van der Waals surface area (Å²) in [6, 6.07) is 4.63. The highest BCUT2D eigenvalue weighted by Gasteiger charge is 2.18. The lowest BCUT2D eigenvalue weighted by molar-refractivity contribution is -0.149. The maximum atomic E-state index is 11.8. The van der Waals surface area contributed by atoms with Crippen LogP contribution < -0.4 is 20.1 Å². The molecule has 8 heteroatoms. The molecule has 1 heterocycles. The van der Waals surface area contributed by atoms with Crippen LogP contribution in [0.4, 0.5) is 4.79 Å². The fourth-order valence-electron chi connectivity index (χ4n) is 1.99. The first-order valence-corrected chi connectivity index (χ1v) is 7.80. The zero-order valence-corrected chi connectivity index (χ0v) is 14.0. The number of amides is 3. The summed E-state index contributed by atoms with van der Waals surface area (Å²) in [5.74, 6) is -0.133. The van der Waals surface area contributed by atoms with Crippen molar-refractivity contribution in [1.29, 1.82) is 0 Å². The second-order valence-electron chi connectivity index (χ2n) is 5.24. The van der Waals surface area contributed by atoms with Crippen LogP contribution in [0.3, 0.4) is 0 Å². The summed E-state index contributed by atoms with van der Waals surface area (Å²) in [6.07, 6.45) is 2.45. The summed E-state index contributed by atoms with van der Waals surface area (Å²) in [5, 5.41) is 4.26. The van der Waals surface area contributed by atoms with Crippen molar-refractivity contribution in [3.63, 3.8) is 0 Å². The molecule has 3 amide bonds. The number of rotatable bonds is 4. The molecule has 0 saturated heterocycles. The highest BCUT2D eigenvalue weighted by molar-refractivity contribution is 5.97. The smallest absolute Gasteiger partial charge is 0.331 e. The van der Waals surface area contributed by atoms with Crippen LogP contribution in [0.1, 0.15) is 18.9 Å². The van der Waals surface area contributed by atoms with Gasteiger partial charge in [-0.1, -0.05) is 6.07 Å². The number of nitrogens with one attached hydrogen (secondary N) is 2. The fourth-order valence-corrected chi connectivity index (χ4v) is 1.99. The largest absolute Gasteiger partial charge is 0.490 e. The van der Waals surface area contributed by atoms with E-state index in [0.29, 0.717) is 24.7 Å². The van der Waals surface area contributed by atoms with Gasteiger partial charge >= 0.3 is 12.0 Å². The Morgan fingerprint density at radius 3 is 2.64 bits per heavy atom. The van der Waals surface area contributed by atoms with E-state index < -0.39 is 24.0 Å². The first kappa shape index (κ1) is 18.3. The molecule has 0 aliphatic carbocycles. The van der Waals surface area contributed by atoms with Gasteiger partial charge in [-0.3, -0.25) is 10.1 Å². The maximum absolute atomic E-state index is 11.8. The monoisotopic (exact) mass is 348 g/mol. The van der Waals surface area contributed by atoms with E-state index in [4.69, 9.17) is 14.2 Å². The van der Waals surface area contributed by atoms with Gasteiger partial charge in [0.2, 0.25) is 0 Å². The Balaban J connectivity index is 1.92. The van der Waals surface area contributed by atoms with Gasteiger partial charge < -0.3 is 19.5 Å². The van der Waals surface area contributed by atoms with Crippen LogP contribution in [0.2, 0.25) is 0 Å². The number of imide groups is 1. The fraction of sp³-hybridized carbons (Fsp3) is 0.353. The molecule has 8 nitrogen and oxygen atoms in total. The van der Waals surface area contributed by atoms with Crippen molar-refractivity contribution in [2.24, 2.45) is 0 Å². The van der Waals surface area contributed by atoms with Crippen molar-refractivity contribution < 1.29 is 28.6 Å². The van der Waals surface area contributed by atoms with Gasteiger partial charge in [-0.2, -0.15) is 0 Å². The third-order valence-corrected chi connectivity index (χ3v) is 3.31. The molecule has 0 radical (unpaired) electrons. The average Bonchev–Trinajstić information content (AvgIpc) is 2.84. The molecule has 1 aliphatic heterocycles. The Labute approximate surface area is 145 Å². The van der Waals surface area contributed by atoms with Crippen LogP contribution in [-0.4, -0.2) is 44.3 Å². The summed E-state index contributed by atoms with van der Waals surface area (Å²) < 4.78 is 16.0. The van der Waals surface area contributed by atoms with Gasteiger partial charge in [-0.05, 0) is 30.7 Å². The van der Waals surface area contributed by atoms with E-state index in [2.05, 4.69) is 5.32 Å². The van der Waals surface area contributed by atoms with E-state index in [1.165, 1.54) is 20.0 Å². The summed E-state index contributed by atoms with van der Waals surface area (Å²) in [7, 11) is 1.37. The lowest BCUT2D eigenvalue weighted by Gasteiger charge is -2.11. The number of ether oxygens (including phenoxy) is 3. The van der Waals surface area contributed by atoms with E-state index >= 15 is 0 Å². The van der Waals surface area contributed by atoms with Gasteiger partial charge in [0.25, 0.3) is 5.91 Å². The number of hydrogen-bond donors (Lipinski definition) is 2. The quantitative estimate of drug-likeness (QED) is 0.627. The van der Waals surface area contributed by atoms with Gasteiger partial charge in [-0.15, -0.1) is 0 Å². The van der Waals surface area contributed by atoms with Crippen molar-refractivity contribution in [1.82, 2.24) is 10.6 Å². The second kappa shape index (κ2) is 8.72. The highest BCUT2D eigenvalue weighted by Crippen LogP contribution is 2.30. The number of benzene rings is 1. The number of hydrogen-bond acceptors (Lipinski definition) is 6. The van der Waals surface area contributed by atoms with Gasteiger partial charge in [0.1, 0.15) is 0 Å². The molecule has 0 fully saturated rings. The molecule has 1 aliphatic rings. The molecule has 1 aromatic rings. The van der Waals surface area contributed by atoms with Gasteiger partial charge in [-0.25, -0.2) is 9.59 Å².